The van der Waals surface area contributed by atoms with E-state index in [-0.39, 0.29) is 21.4 Å². The van der Waals surface area contributed by atoms with Crippen LogP contribution in [0.4, 0.5) is 11.4 Å². The summed E-state index contributed by atoms with van der Waals surface area (Å²) in [4.78, 5) is 39.8. The summed E-state index contributed by atoms with van der Waals surface area (Å²) in [5, 5.41) is 30.0. The number of halogens is 1. The summed E-state index contributed by atoms with van der Waals surface area (Å²) in [6.45, 7) is 0. The lowest BCUT2D eigenvalue weighted by atomic mass is 10.1. The van der Waals surface area contributed by atoms with Gasteiger partial charge in [-0.2, -0.15) is 0 Å². The van der Waals surface area contributed by atoms with Gasteiger partial charge in [0.2, 0.25) is 0 Å². The molecule has 0 atom stereocenters. The van der Waals surface area contributed by atoms with Crippen LogP contribution in [0.3, 0.4) is 0 Å². The molecule has 0 unspecified atom stereocenters. The molecule has 9 nitrogen and oxygen atoms in total. The van der Waals surface area contributed by atoms with Gasteiger partial charge in [-0.3, -0.25) is 19.8 Å². The van der Waals surface area contributed by atoms with Crippen molar-refractivity contribution in [2.24, 2.45) is 4.99 Å². The number of carboxylic acid groups (broad SMARTS) is 1. The molecule has 1 aliphatic heterocycles. The Morgan fingerprint density at radius 3 is 2.69 bits per heavy atom. The normalized spacial score (nSPS) is 16.6. The molecular formula is C18H12ClN3O6S. The molecule has 2 aromatic carbocycles. The van der Waals surface area contributed by atoms with Gasteiger partial charge in [0, 0.05) is 13.1 Å². The van der Waals surface area contributed by atoms with Gasteiger partial charge in [0.05, 0.1) is 26.1 Å². The number of benzene rings is 2. The zero-order chi connectivity index (χ0) is 21.3. The van der Waals surface area contributed by atoms with Crippen LogP contribution in [0.25, 0.3) is 6.08 Å². The molecule has 2 aromatic rings. The average molecular weight is 434 g/mol. The molecule has 0 saturated carbocycles. The standard InChI is InChI=1S/C18H12ClN3O6S/c1-21-16(24)15(7-9-2-5-14(23)13(6-9)22(27)28)29-18(21)20-10-3-4-12(19)11(8-10)17(25)26/h2-8,23H,1H3,(H,25,26)/b15-7-,20-18?. The average Bonchev–Trinajstić information content (AvgIpc) is 2.92. The minimum absolute atomic E-state index is 0.0689. The molecule has 1 aliphatic rings. The number of amides is 1. The maximum Gasteiger partial charge on any atom is 0.337 e. The predicted octanol–water partition coefficient (Wildman–Crippen LogP) is 3.89. The highest BCUT2D eigenvalue weighted by Gasteiger charge is 2.30. The van der Waals surface area contributed by atoms with E-state index in [9.17, 15) is 24.8 Å². The molecular weight excluding hydrogens is 422 g/mol. The first-order chi connectivity index (χ1) is 13.7. The van der Waals surface area contributed by atoms with Crippen LogP contribution in [0.15, 0.2) is 46.3 Å². The van der Waals surface area contributed by atoms with Crippen molar-refractivity contribution in [2.75, 3.05) is 7.05 Å². The summed E-state index contributed by atoms with van der Waals surface area (Å²) in [6, 6.07) is 7.99. The Hall–Kier alpha value is -3.37. The van der Waals surface area contributed by atoms with Crippen LogP contribution in [-0.4, -0.2) is 44.1 Å². The second-order valence-electron chi connectivity index (χ2n) is 5.84. The largest absolute Gasteiger partial charge is 0.502 e. The third-order valence-corrected chi connectivity index (χ3v) is 5.29. The second-order valence-corrected chi connectivity index (χ2v) is 7.26. The lowest BCUT2D eigenvalue weighted by Gasteiger charge is -2.07. The Morgan fingerprint density at radius 1 is 1.31 bits per heavy atom. The first-order valence-electron chi connectivity index (χ1n) is 7.94. The van der Waals surface area contributed by atoms with Gasteiger partial charge in [0.1, 0.15) is 0 Å². The van der Waals surface area contributed by atoms with E-state index in [1.807, 2.05) is 0 Å². The number of phenolic OH excluding ortho intramolecular Hbond substituents is 1. The van der Waals surface area contributed by atoms with Crippen molar-refractivity contribution in [3.8, 4) is 5.75 Å². The molecule has 1 fully saturated rings. The number of carbonyl (C=O) groups excluding carboxylic acids is 1. The molecule has 0 spiro atoms. The Morgan fingerprint density at radius 2 is 2.03 bits per heavy atom. The number of aromatic carboxylic acids is 1. The Labute approximate surface area is 173 Å². The van der Waals surface area contributed by atoms with Gasteiger partial charge < -0.3 is 10.2 Å². The summed E-state index contributed by atoms with van der Waals surface area (Å²) in [6.07, 6.45) is 1.45. The molecule has 11 heteroatoms. The van der Waals surface area contributed by atoms with Gasteiger partial charge in [0.25, 0.3) is 5.91 Å². The van der Waals surface area contributed by atoms with Crippen molar-refractivity contribution in [2.45, 2.75) is 0 Å². The second kappa shape index (κ2) is 7.94. The number of nitro groups is 1. The van der Waals surface area contributed by atoms with E-state index in [0.717, 1.165) is 17.8 Å². The van der Waals surface area contributed by atoms with Gasteiger partial charge in [-0.1, -0.05) is 17.7 Å². The predicted molar refractivity (Wildman–Crippen MR) is 109 cm³/mol. The number of phenols is 1. The van der Waals surface area contributed by atoms with Gasteiger partial charge >= 0.3 is 11.7 Å². The summed E-state index contributed by atoms with van der Waals surface area (Å²) in [7, 11) is 1.50. The fourth-order valence-corrected chi connectivity index (χ4v) is 3.62. The molecule has 0 bridgehead atoms. The zero-order valence-electron chi connectivity index (χ0n) is 14.7. The maximum absolute atomic E-state index is 12.5. The van der Waals surface area contributed by atoms with Crippen molar-refractivity contribution in [1.82, 2.24) is 4.90 Å². The van der Waals surface area contributed by atoms with Gasteiger partial charge in [-0.25, -0.2) is 9.79 Å². The molecule has 29 heavy (non-hydrogen) atoms. The van der Waals surface area contributed by atoms with Gasteiger partial charge in [0.15, 0.2) is 10.9 Å². The summed E-state index contributed by atoms with van der Waals surface area (Å²) in [5.74, 6) is -2.05. The number of amidine groups is 1. The molecule has 1 heterocycles. The highest BCUT2D eigenvalue weighted by Crippen LogP contribution is 2.35. The fourth-order valence-electron chi connectivity index (χ4n) is 2.44. The van der Waals surface area contributed by atoms with Crippen LogP contribution < -0.4 is 0 Å². The van der Waals surface area contributed by atoms with Crippen LogP contribution in [0.1, 0.15) is 15.9 Å². The third kappa shape index (κ3) is 4.23. The van der Waals surface area contributed by atoms with E-state index in [4.69, 9.17) is 16.7 Å². The van der Waals surface area contributed by atoms with Crippen molar-refractivity contribution in [3.63, 3.8) is 0 Å². The highest BCUT2D eigenvalue weighted by atomic mass is 35.5. The van der Waals surface area contributed by atoms with Crippen LogP contribution in [-0.2, 0) is 4.79 Å². The van der Waals surface area contributed by atoms with E-state index >= 15 is 0 Å². The topological polar surface area (TPSA) is 133 Å². The van der Waals surface area contributed by atoms with E-state index in [1.165, 1.54) is 48.4 Å². The van der Waals surface area contributed by atoms with Gasteiger partial charge in [-0.05, 0) is 47.7 Å². The van der Waals surface area contributed by atoms with E-state index in [0.29, 0.717) is 16.4 Å². The smallest absolute Gasteiger partial charge is 0.337 e. The van der Waals surface area contributed by atoms with Crippen LogP contribution in [0.5, 0.6) is 5.75 Å². The minimum Gasteiger partial charge on any atom is -0.502 e. The third-order valence-electron chi connectivity index (χ3n) is 3.90. The first-order valence-corrected chi connectivity index (χ1v) is 9.13. The number of nitro benzene ring substituents is 1. The minimum atomic E-state index is -1.20. The SMILES string of the molecule is CN1C(=O)/C(=C/c2ccc(O)c([N+](=O)[O-])c2)SC1=Nc1ccc(Cl)c(C(=O)O)c1. The van der Waals surface area contributed by atoms with Crippen LogP contribution in [0, 0.1) is 10.1 Å². The van der Waals surface area contributed by atoms with Crippen LogP contribution in [0.2, 0.25) is 5.02 Å². The summed E-state index contributed by atoms with van der Waals surface area (Å²) >= 11 is 6.87. The number of aliphatic imine (C=N–C) groups is 1. The molecule has 2 N–H and O–H groups in total. The maximum atomic E-state index is 12.5. The number of carboxylic acids is 1. The molecule has 0 radical (unpaired) electrons. The monoisotopic (exact) mass is 433 g/mol. The summed E-state index contributed by atoms with van der Waals surface area (Å²) < 4.78 is 0. The summed E-state index contributed by atoms with van der Waals surface area (Å²) in [5.41, 5.74) is 0.0761. The molecule has 1 amide bonds. The molecule has 1 saturated heterocycles. The zero-order valence-corrected chi connectivity index (χ0v) is 16.3. The molecule has 3 rings (SSSR count). The van der Waals surface area contributed by atoms with Gasteiger partial charge in [-0.15, -0.1) is 0 Å². The van der Waals surface area contributed by atoms with Crippen LogP contribution >= 0.6 is 23.4 Å². The highest BCUT2D eigenvalue weighted by molar-refractivity contribution is 8.18. The lowest BCUT2D eigenvalue weighted by molar-refractivity contribution is -0.385. The molecule has 0 aliphatic carbocycles. The number of thioether (sulfide) groups is 1. The number of aromatic hydroxyl groups is 1. The number of hydrogen-bond acceptors (Lipinski definition) is 7. The molecule has 0 aromatic heterocycles. The lowest BCUT2D eigenvalue weighted by Crippen LogP contribution is -2.23. The Bertz CT molecular complexity index is 1110. The van der Waals surface area contributed by atoms with Crippen molar-refractivity contribution < 1.29 is 24.7 Å². The Kier molecular flexibility index (Phi) is 5.57. The van der Waals surface area contributed by atoms with Crippen molar-refractivity contribution in [1.29, 1.82) is 0 Å². The van der Waals surface area contributed by atoms with E-state index in [2.05, 4.69) is 4.99 Å². The first kappa shape index (κ1) is 20.4. The number of rotatable bonds is 4. The number of hydrogen-bond donors (Lipinski definition) is 2. The van der Waals surface area contributed by atoms with Crippen molar-refractivity contribution >= 4 is 57.9 Å². The molecule has 148 valence electrons. The fraction of sp³-hybridized carbons (Fsp3) is 0.0556. The van der Waals surface area contributed by atoms with E-state index < -0.39 is 22.3 Å². The number of carbonyl (C=O) groups is 2. The van der Waals surface area contributed by atoms with Crippen molar-refractivity contribution in [3.05, 3.63) is 67.6 Å². The number of nitrogens with zero attached hydrogens (tertiary/aromatic N) is 3. The Balaban J connectivity index is 1.94. The number of likely N-dealkylation sites (N-methyl/N-ethyl adjacent to an activating group) is 1. The quantitative estimate of drug-likeness (QED) is 0.424. The van der Waals surface area contributed by atoms with E-state index in [1.54, 1.807) is 0 Å².